The van der Waals surface area contributed by atoms with Gasteiger partial charge in [-0.3, -0.25) is 15.6 Å². The van der Waals surface area contributed by atoms with Crippen molar-refractivity contribution in [2.24, 2.45) is 5.18 Å². The molecule has 0 aliphatic rings. The second-order valence-corrected chi connectivity index (χ2v) is 3.80. The zero-order valence-corrected chi connectivity index (χ0v) is 9.96. The Hall–Kier alpha value is -2.89. The zero-order valence-electron chi connectivity index (χ0n) is 9.96. The van der Waals surface area contributed by atoms with Crippen molar-refractivity contribution in [3.8, 4) is 0 Å². The van der Waals surface area contributed by atoms with Crippen LogP contribution >= 0.6 is 0 Å². The standard InChI is InChI=1S/C13H12N4O2/c14-12-4-2-1-3-11(12)13(18)16-15-9-5-7-10(17-19)8-6-9/h1-8,15H,14H2,(H,16,18). The Morgan fingerprint density at radius 2 is 1.74 bits per heavy atom. The van der Waals surface area contributed by atoms with Crippen molar-refractivity contribution in [3.63, 3.8) is 0 Å². The average molecular weight is 256 g/mol. The number of carbonyl (C=O) groups is 1. The van der Waals surface area contributed by atoms with Crippen molar-refractivity contribution in [2.45, 2.75) is 0 Å². The molecule has 0 spiro atoms. The Bertz CT molecular complexity index is 596. The lowest BCUT2D eigenvalue weighted by atomic mass is 10.2. The van der Waals surface area contributed by atoms with Gasteiger partial charge in [-0.15, -0.1) is 4.91 Å². The van der Waals surface area contributed by atoms with E-state index in [1.807, 2.05) is 0 Å². The summed E-state index contributed by atoms with van der Waals surface area (Å²) in [4.78, 5) is 22.1. The van der Waals surface area contributed by atoms with Crippen molar-refractivity contribution in [2.75, 3.05) is 11.2 Å². The molecule has 0 aliphatic carbocycles. The lowest BCUT2D eigenvalue weighted by Crippen LogP contribution is -2.29. The van der Waals surface area contributed by atoms with Crippen LogP contribution in [0.25, 0.3) is 0 Å². The lowest BCUT2D eigenvalue weighted by molar-refractivity contribution is 0.0963. The number of amides is 1. The van der Waals surface area contributed by atoms with Gasteiger partial charge in [-0.2, -0.15) is 0 Å². The molecule has 0 saturated carbocycles. The highest BCUT2D eigenvalue weighted by Gasteiger charge is 2.07. The predicted octanol–water partition coefficient (Wildman–Crippen LogP) is 2.42. The Kier molecular flexibility index (Phi) is 3.72. The van der Waals surface area contributed by atoms with Crippen LogP contribution < -0.4 is 16.6 Å². The quantitative estimate of drug-likeness (QED) is 0.444. The molecule has 19 heavy (non-hydrogen) atoms. The van der Waals surface area contributed by atoms with E-state index < -0.39 is 0 Å². The molecule has 0 unspecified atom stereocenters. The van der Waals surface area contributed by atoms with Crippen LogP contribution in [0.1, 0.15) is 10.4 Å². The van der Waals surface area contributed by atoms with Gasteiger partial charge in [-0.1, -0.05) is 12.1 Å². The molecule has 0 aromatic heterocycles. The minimum absolute atomic E-state index is 0.323. The molecule has 0 atom stereocenters. The summed E-state index contributed by atoms with van der Waals surface area (Å²) in [6.07, 6.45) is 0. The van der Waals surface area contributed by atoms with E-state index in [0.29, 0.717) is 22.6 Å². The number of nitrogen functional groups attached to an aromatic ring is 1. The van der Waals surface area contributed by atoms with Crippen LogP contribution in [0.5, 0.6) is 0 Å². The maximum Gasteiger partial charge on any atom is 0.271 e. The molecule has 1 amide bonds. The first-order chi connectivity index (χ1) is 9.20. The largest absolute Gasteiger partial charge is 0.398 e. The molecule has 0 bridgehead atoms. The topological polar surface area (TPSA) is 96.6 Å². The fourth-order valence-electron chi connectivity index (χ4n) is 1.51. The van der Waals surface area contributed by atoms with Gasteiger partial charge in [-0.25, -0.2) is 0 Å². The summed E-state index contributed by atoms with van der Waals surface area (Å²) in [6, 6.07) is 13.1. The van der Waals surface area contributed by atoms with E-state index in [0.717, 1.165) is 0 Å². The number of nitrogens with zero attached hydrogens (tertiary/aromatic N) is 1. The molecular weight excluding hydrogens is 244 g/mol. The maximum atomic E-state index is 11.8. The number of para-hydroxylation sites is 1. The number of nitroso groups, excluding NO2 is 1. The zero-order chi connectivity index (χ0) is 13.7. The summed E-state index contributed by atoms with van der Waals surface area (Å²) in [5.74, 6) is -0.337. The van der Waals surface area contributed by atoms with Gasteiger partial charge in [0.1, 0.15) is 5.69 Å². The fraction of sp³-hybridized carbons (Fsp3) is 0. The monoisotopic (exact) mass is 256 g/mol. The van der Waals surface area contributed by atoms with E-state index in [2.05, 4.69) is 16.0 Å². The van der Waals surface area contributed by atoms with Crippen molar-refractivity contribution >= 4 is 23.0 Å². The molecule has 0 aliphatic heterocycles. The summed E-state index contributed by atoms with van der Waals surface area (Å²) >= 11 is 0. The molecule has 2 rings (SSSR count). The van der Waals surface area contributed by atoms with Crippen molar-refractivity contribution in [1.82, 2.24) is 5.43 Å². The van der Waals surface area contributed by atoms with Crippen LogP contribution in [0.2, 0.25) is 0 Å². The van der Waals surface area contributed by atoms with Gasteiger partial charge >= 0.3 is 0 Å². The molecule has 2 aromatic rings. The second-order valence-electron chi connectivity index (χ2n) is 3.80. The van der Waals surface area contributed by atoms with E-state index in [1.54, 1.807) is 48.5 Å². The number of rotatable bonds is 4. The minimum atomic E-state index is -0.337. The van der Waals surface area contributed by atoms with Crippen LogP contribution in [0.4, 0.5) is 17.1 Å². The van der Waals surface area contributed by atoms with Gasteiger partial charge in [0.25, 0.3) is 5.91 Å². The number of hydrazine groups is 1. The second kappa shape index (κ2) is 5.63. The summed E-state index contributed by atoms with van der Waals surface area (Å²) in [6.45, 7) is 0. The molecule has 96 valence electrons. The molecule has 6 heteroatoms. The Morgan fingerprint density at radius 3 is 2.37 bits per heavy atom. The first-order valence-corrected chi connectivity index (χ1v) is 5.55. The van der Waals surface area contributed by atoms with Crippen LogP contribution in [0.15, 0.2) is 53.7 Å². The maximum absolute atomic E-state index is 11.8. The van der Waals surface area contributed by atoms with Crippen LogP contribution in [0.3, 0.4) is 0 Å². The first-order valence-electron chi connectivity index (χ1n) is 5.55. The average Bonchev–Trinajstić information content (AvgIpc) is 2.46. The third kappa shape index (κ3) is 3.06. The van der Waals surface area contributed by atoms with Gasteiger partial charge in [-0.05, 0) is 41.6 Å². The molecule has 0 radical (unpaired) electrons. The highest BCUT2D eigenvalue weighted by atomic mass is 16.3. The van der Waals surface area contributed by atoms with Crippen molar-refractivity contribution in [1.29, 1.82) is 0 Å². The lowest BCUT2D eigenvalue weighted by Gasteiger charge is -2.09. The first kappa shape index (κ1) is 12.6. The minimum Gasteiger partial charge on any atom is -0.398 e. The predicted molar refractivity (Wildman–Crippen MR) is 73.8 cm³/mol. The highest BCUT2D eigenvalue weighted by Crippen LogP contribution is 2.15. The third-order valence-corrected chi connectivity index (χ3v) is 2.50. The van der Waals surface area contributed by atoms with Crippen LogP contribution in [0, 0.1) is 4.91 Å². The number of hydrogen-bond donors (Lipinski definition) is 3. The van der Waals surface area contributed by atoms with Gasteiger partial charge in [0.15, 0.2) is 0 Å². The van der Waals surface area contributed by atoms with E-state index >= 15 is 0 Å². The van der Waals surface area contributed by atoms with Gasteiger partial charge in [0.05, 0.1) is 11.3 Å². The van der Waals surface area contributed by atoms with Crippen LogP contribution in [-0.2, 0) is 0 Å². The van der Waals surface area contributed by atoms with Gasteiger partial charge < -0.3 is 5.73 Å². The van der Waals surface area contributed by atoms with E-state index in [-0.39, 0.29) is 5.91 Å². The fourth-order valence-corrected chi connectivity index (χ4v) is 1.51. The van der Waals surface area contributed by atoms with Gasteiger partial charge in [0.2, 0.25) is 0 Å². The smallest absolute Gasteiger partial charge is 0.271 e. The number of nitrogens with two attached hydrogens (primary N) is 1. The molecule has 4 N–H and O–H groups in total. The highest BCUT2D eigenvalue weighted by molar-refractivity contribution is 5.99. The molecule has 6 nitrogen and oxygen atoms in total. The van der Waals surface area contributed by atoms with Gasteiger partial charge in [0, 0.05) is 5.69 Å². The molecule has 0 heterocycles. The Morgan fingerprint density at radius 1 is 1.05 bits per heavy atom. The summed E-state index contributed by atoms with van der Waals surface area (Å²) in [5.41, 5.74) is 12.7. The molecule has 0 saturated heterocycles. The Labute approximate surface area is 109 Å². The normalized spacial score (nSPS) is 9.68. The SMILES string of the molecule is Nc1ccccc1C(=O)NNc1ccc(N=O)cc1. The van der Waals surface area contributed by atoms with Crippen molar-refractivity contribution in [3.05, 3.63) is 59.0 Å². The summed E-state index contributed by atoms with van der Waals surface area (Å²) in [5, 5.41) is 2.78. The molecular formula is C13H12N4O2. The van der Waals surface area contributed by atoms with E-state index in [1.165, 1.54) is 0 Å². The summed E-state index contributed by atoms with van der Waals surface area (Å²) < 4.78 is 0. The number of anilines is 2. The van der Waals surface area contributed by atoms with Crippen molar-refractivity contribution < 1.29 is 4.79 Å². The third-order valence-electron chi connectivity index (χ3n) is 2.50. The number of carbonyl (C=O) groups excluding carboxylic acids is 1. The molecule has 2 aromatic carbocycles. The number of hydrogen-bond acceptors (Lipinski definition) is 5. The Balaban J connectivity index is 2.00. The summed E-state index contributed by atoms with van der Waals surface area (Å²) in [7, 11) is 0. The van der Waals surface area contributed by atoms with Crippen LogP contribution in [-0.4, -0.2) is 5.91 Å². The molecule has 0 fully saturated rings. The van der Waals surface area contributed by atoms with E-state index in [4.69, 9.17) is 5.73 Å². The number of benzene rings is 2. The van der Waals surface area contributed by atoms with E-state index in [9.17, 15) is 9.70 Å². The number of nitrogens with one attached hydrogen (secondary N) is 2.